The molecule has 0 aromatic heterocycles. The predicted molar refractivity (Wildman–Crippen MR) is 112 cm³/mol. The van der Waals surface area contributed by atoms with E-state index in [1.807, 2.05) is 0 Å². The molecule has 5 N–H and O–H groups in total. The molecule has 0 saturated carbocycles. The lowest BCUT2D eigenvalue weighted by atomic mass is 10.0. The first-order valence-electron chi connectivity index (χ1n) is 11.0. The van der Waals surface area contributed by atoms with Crippen LogP contribution in [0.25, 0.3) is 0 Å². The van der Waals surface area contributed by atoms with Crippen LogP contribution in [0.2, 0.25) is 0 Å². The third-order valence-corrected chi connectivity index (χ3v) is 4.99. The fourth-order valence-corrected chi connectivity index (χ4v) is 3.35. The molecule has 0 radical (unpaired) electrons. The zero-order valence-electron chi connectivity index (χ0n) is 17.5. The van der Waals surface area contributed by atoms with Gasteiger partial charge in [-0.1, -0.05) is 122 Å². The van der Waals surface area contributed by atoms with E-state index in [0.717, 1.165) is 12.8 Å². The minimum Gasteiger partial charge on any atom is -0.481 e. The Balaban J connectivity index is 0. The third kappa shape index (κ3) is 25.8. The lowest BCUT2D eigenvalue weighted by molar-refractivity contribution is -0.137. The van der Waals surface area contributed by atoms with Crippen LogP contribution in [0.4, 0.5) is 0 Å². The van der Waals surface area contributed by atoms with Gasteiger partial charge in [0.15, 0.2) is 0 Å². The van der Waals surface area contributed by atoms with Crippen molar-refractivity contribution in [3.8, 4) is 0 Å². The number of carboxylic acids is 1. The van der Waals surface area contributed by atoms with Crippen LogP contribution in [0.15, 0.2) is 0 Å². The van der Waals surface area contributed by atoms with E-state index in [9.17, 15) is 4.79 Å². The van der Waals surface area contributed by atoms with Gasteiger partial charge in [0, 0.05) is 6.42 Å². The third-order valence-electron chi connectivity index (χ3n) is 4.99. The van der Waals surface area contributed by atoms with E-state index in [1.165, 1.54) is 109 Å². The Bertz CT molecular complexity index is 256. The zero-order chi connectivity index (χ0) is 17.7. The molecule has 3 nitrogen and oxygen atoms in total. The van der Waals surface area contributed by atoms with Crippen LogP contribution in [0.3, 0.4) is 0 Å². The highest BCUT2D eigenvalue weighted by Gasteiger charge is 1.97. The summed E-state index contributed by atoms with van der Waals surface area (Å²) in [5.41, 5.74) is 0. The summed E-state index contributed by atoms with van der Waals surface area (Å²) in [6.45, 7) is 2.28. The highest BCUT2D eigenvalue weighted by atomic mass is 16.4. The van der Waals surface area contributed by atoms with Crippen molar-refractivity contribution >= 4 is 5.97 Å². The van der Waals surface area contributed by atoms with Crippen LogP contribution in [0.5, 0.6) is 0 Å². The molecular formula is C22H48NO2+. The molecule has 0 rings (SSSR count). The van der Waals surface area contributed by atoms with Crippen molar-refractivity contribution in [2.24, 2.45) is 0 Å². The van der Waals surface area contributed by atoms with Gasteiger partial charge in [0.2, 0.25) is 0 Å². The van der Waals surface area contributed by atoms with Gasteiger partial charge in [-0.15, -0.1) is 0 Å². The average Bonchev–Trinajstić information content (AvgIpc) is 2.56. The first-order valence-corrected chi connectivity index (χ1v) is 11.0. The maximum atomic E-state index is 10.4. The van der Waals surface area contributed by atoms with Gasteiger partial charge in [-0.05, 0) is 6.42 Å². The molecule has 3 heteroatoms. The van der Waals surface area contributed by atoms with Crippen molar-refractivity contribution in [2.75, 3.05) is 0 Å². The minimum absolute atomic E-state index is 0. The number of unbranched alkanes of at least 4 members (excludes halogenated alkanes) is 18. The molecule has 0 heterocycles. The van der Waals surface area contributed by atoms with E-state index in [2.05, 4.69) is 6.92 Å². The van der Waals surface area contributed by atoms with Gasteiger partial charge in [0.05, 0.1) is 0 Å². The largest absolute Gasteiger partial charge is 0.481 e. The number of quaternary nitrogens is 1. The monoisotopic (exact) mass is 358 g/mol. The quantitative estimate of drug-likeness (QED) is 0.215. The lowest BCUT2D eigenvalue weighted by Crippen LogP contribution is -1.93. The van der Waals surface area contributed by atoms with Crippen molar-refractivity contribution in [1.82, 2.24) is 6.15 Å². The van der Waals surface area contributed by atoms with Crippen LogP contribution in [-0.2, 0) is 4.79 Å². The summed E-state index contributed by atoms with van der Waals surface area (Å²) in [5.74, 6) is -0.651. The SMILES string of the molecule is CCCCCCCCCCCCCCCCCCCCCC(=O)O.[NH4+]. The Labute approximate surface area is 157 Å². The molecule has 25 heavy (non-hydrogen) atoms. The smallest absolute Gasteiger partial charge is 0.303 e. The summed E-state index contributed by atoms with van der Waals surface area (Å²) in [6, 6.07) is 0. The molecule has 0 amide bonds. The number of hydrogen-bond acceptors (Lipinski definition) is 1. The second-order valence-electron chi connectivity index (χ2n) is 7.51. The number of carboxylic acid groups (broad SMARTS) is 1. The number of rotatable bonds is 20. The van der Waals surface area contributed by atoms with E-state index < -0.39 is 5.97 Å². The summed E-state index contributed by atoms with van der Waals surface area (Å²) in [7, 11) is 0. The maximum Gasteiger partial charge on any atom is 0.303 e. The second-order valence-corrected chi connectivity index (χ2v) is 7.51. The van der Waals surface area contributed by atoms with Crippen LogP contribution in [0.1, 0.15) is 135 Å². The fraction of sp³-hybridized carbons (Fsp3) is 0.955. The van der Waals surface area contributed by atoms with Crippen molar-refractivity contribution in [3.63, 3.8) is 0 Å². The fourth-order valence-electron chi connectivity index (χ4n) is 3.35. The van der Waals surface area contributed by atoms with Gasteiger partial charge in [-0.3, -0.25) is 4.79 Å². The van der Waals surface area contributed by atoms with Gasteiger partial charge >= 0.3 is 5.97 Å². The summed E-state index contributed by atoms with van der Waals surface area (Å²) in [4.78, 5) is 10.4. The van der Waals surface area contributed by atoms with Crippen molar-refractivity contribution in [1.29, 1.82) is 0 Å². The van der Waals surface area contributed by atoms with Crippen molar-refractivity contribution in [2.45, 2.75) is 135 Å². The maximum absolute atomic E-state index is 10.4. The molecule has 0 spiro atoms. The normalized spacial score (nSPS) is 10.6. The Morgan fingerprint density at radius 1 is 0.520 bits per heavy atom. The molecule has 0 bridgehead atoms. The highest BCUT2D eigenvalue weighted by Crippen LogP contribution is 2.14. The number of hydrogen-bond donors (Lipinski definition) is 2. The van der Waals surface area contributed by atoms with Crippen molar-refractivity contribution in [3.05, 3.63) is 0 Å². The van der Waals surface area contributed by atoms with Crippen LogP contribution in [-0.4, -0.2) is 11.1 Å². The van der Waals surface area contributed by atoms with Gasteiger partial charge in [0.25, 0.3) is 0 Å². The Morgan fingerprint density at radius 2 is 0.760 bits per heavy atom. The highest BCUT2D eigenvalue weighted by molar-refractivity contribution is 5.66. The lowest BCUT2D eigenvalue weighted by Gasteiger charge is -2.03. The van der Waals surface area contributed by atoms with E-state index in [1.54, 1.807) is 0 Å². The van der Waals surface area contributed by atoms with Gasteiger partial charge in [-0.25, -0.2) is 0 Å². The summed E-state index contributed by atoms with van der Waals surface area (Å²) in [5, 5.41) is 8.56. The number of aliphatic carboxylic acids is 1. The number of carbonyl (C=O) groups is 1. The molecule has 0 aliphatic carbocycles. The van der Waals surface area contributed by atoms with Crippen LogP contribution in [0, 0.1) is 0 Å². The van der Waals surface area contributed by atoms with Gasteiger partial charge in [0.1, 0.15) is 0 Å². The summed E-state index contributed by atoms with van der Waals surface area (Å²) < 4.78 is 0. The van der Waals surface area contributed by atoms with E-state index in [0.29, 0.717) is 6.42 Å². The van der Waals surface area contributed by atoms with E-state index in [-0.39, 0.29) is 6.15 Å². The molecule has 0 aromatic rings. The summed E-state index contributed by atoms with van der Waals surface area (Å²) >= 11 is 0. The van der Waals surface area contributed by atoms with E-state index >= 15 is 0 Å². The van der Waals surface area contributed by atoms with Crippen LogP contribution >= 0.6 is 0 Å². The Kier molecular flexibility index (Phi) is 25.0. The first kappa shape index (κ1) is 26.7. The molecule has 0 fully saturated rings. The molecule has 0 atom stereocenters. The van der Waals surface area contributed by atoms with Crippen LogP contribution < -0.4 is 6.15 Å². The molecule has 0 aliphatic heterocycles. The molecular weight excluding hydrogens is 310 g/mol. The molecule has 0 unspecified atom stereocenters. The van der Waals surface area contributed by atoms with E-state index in [4.69, 9.17) is 5.11 Å². The predicted octanol–water partition coefficient (Wildman–Crippen LogP) is 8.27. The second kappa shape index (κ2) is 23.4. The summed E-state index contributed by atoms with van der Waals surface area (Å²) in [6.07, 6.45) is 26.1. The molecule has 0 aliphatic rings. The Hall–Kier alpha value is -0.570. The average molecular weight is 359 g/mol. The molecule has 0 aromatic carbocycles. The van der Waals surface area contributed by atoms with Gasteiger partial charge < -0.3 is 11.3 Å². The topological polar surface area (TPSA) is 73.8 Å². The zero-order valence-corrected chi connectivity index (χ0v) is 17.5. The standard InChI is InChI=1S/C22H44O2.H3N/c1-2-3-4-5-6-7-8-9-10-11-12-13-14-15-16-17-18-19-20-21-22(23)24;/h2-21H2,1H3,(H,23,24);1H3/p+1. The molecule has 0 saturated heterocycles. The molecule has 152 valence electrons. The first-order chi connectivity index (χ1) is 11.8. The van der Waals surface area contributed by atoms with Gasteiger partial charge in [-0.2, -0.15) is 0 Å². The van der Waals surface area contributed by atoms with Crippen molar-refractivity contribution < 1.29 is 9.90 Å². The Morgan fingerprint density at radius 3 is 1.00 bits per heavy atom. The minimum atomic E-state index is -0.651.